The fourth-order valence-corrected chi connectivity index (χ4v) is 2.89. The average Bonchev–Trinajstić information content (AvgIpc) is 2.61. The van der Waals surface area contributed by atoms with Gasteiger partial charge in [-0.05, 0) is 24.3 Å². The van der Waals surface area contributed by atoms with Gasteiger partial charge in [0.25, 0.3) is 5.69 Å². The molecule has 2 aromatic carbocycles. The van der Waals surface area contributed by atoms with Gasteiger partial charge in [-0.25, -0.2) is 9.37 Å². The molecule has 3 rings (SSSR count). The maximum atomic E-state index is 14.4. The highest BCUT2D eigenvalue weighted by Gasteiger charge is 2.21. The number of hydrogen-bond donors (Lipinski definition) is 1. The van der Waals surface area contributed by atoms with Gasteiger partial charge in [-0.15, -0.1) is 0 Å². The standard InChI is InChI=1S/C18H10ClFN4O2/c19-13-5-3-6-14(20)17(13)11-8-15(23-18(22)12(11)9-21)10-4-1-2-7-16(10)24(25)26/h1-8H,(H2,22,23). The minimum absolute atomic E-state index is 0.0142. The number of halogens is 2. The summed E-state index contributed by atoms with van der Waals surface area (Å²) in [6.45, 7) is 0. The normalized spacial score (nSPS) is 10.3. The van der Waals surface area contributed by atoms with E-state index >= 15 is 0 Å². The van der Waals surface area contributed by atoms with Crippen molar-refractivity contribution in [3.8, 4) is 28.5 Å². The first-order valence-corrected chi connectivity index (χ1v) is 7.70. The zero-order valence-corrected chi connectivity index (χ0v) is 13.9. The summed E-state index contributed by atoms with van der Waals surface area (Å²) in [6, 6.07) is 13.3. The Morgan fingerprint density at radius 1 is 1.19 bits per heavy atom. The quantitative estimate of drug-likeness (QED) is 0.538. The summed E-state index contributed by atoms with van der Waals surface area (Å²) >= 11 is 6.11. The van der Waals surface area contributed by atoms with Crippen molar-refractivity contribution < 1.29 is 9.31 Å². The predicted molar refractivity (Wildman–Crippen MR) is 95.9 cm³/mol. The predicted octanol–water partition coefficient (Wildman–Crippen LogP) is 4.57. The highest BCUT2D eigenvalue weighted by atomic mass is 35.5. The first-order valence-electron chi connectivity index (χ1n) is 7.32. The lowest BCUT2D eigenvalue weighted by molar-refractivity contribution is -0.384. The molecule has 6 nitrogen and oxygen atoms in total. The van der Waals surface area contributed by atoms with Gasteiger partial charge in [0, 0.05) is 17.2 Å². The fourth-order valence-electron chi connectivity index (χ4n) is 2.62. The van der Waals surface area contributed by atoms with E-state index in [0.717, 1.165) is 0 Å². The molecule has 3 aromatic rings. The van der Waals surface area contributed by atoms with Gasteiger partial charge in [0.05, 0.1) is 21.2 Å². The number of hydrogen-bond acceptors (Lipinski definition) is 5. The summed E-state index contributed by atoms with van der Waals surface area (Å²) in [5.74, 6) is -0.814. The smallest absolute Gasteiger partial charge is 0.278 e. The monoisotopic (exact) mass is 368 g/mol. The van der Waals surface area contributed by atoms with E-state index in [2.05, 4.69) is 4.98 Å². The van der Waals surface area contributed by atoms with Crippen LogP contribution in [0.3, 0.4) is 0 Å². The SMILES string of the molecule is N#Cc1c(-c2c(F)cccc2Cl)cc(-c2ccccc2[N+](=O)[O-])nc1N. The van der Waals surface area contributed by atoms with Crippen molar-refractivity contribution in [1.82, 2.24) is 4.98 Å². The Morgan fingerprint density at radius 3 is 2.58 bits per heavy atom. The van der Waals surface area contributed by atoms with Crippen molar-refractivity contribution in [1.29, 1.82) is 5.26 Å². The van der Waals surface area contributed by atoms with Gasteiger partial charge in [-0.1, -0.05) is 29.8 Å². The maximum absolute atomic E-state index is 14.4. The molecule has 0 aliphatic heterocycles. The number of nitro benzene ring substituents is 1. The minimum atomic E-state index is -0.645. The van der Waals surface area contributed by atoms with E-state index in [0.29, 0.717) is 0 Å². The van der Waals surface area contributed by atoms with Crippen molar-refractivity contribution in [2.24, 2.45) is 0 Å². The number of benzene rings is 2. The lowest BCUT2D eigenvalue weighted by Crippen LogP contribution is -2.02. The van der Waals surface area contributed by atoms with Gasteiger partial charge in [0.2, 0.25) is 0 Å². The zero-order chi connectivity index (χ0) is 18.8. The molecule has 8 heteroatoms. The molecule has 0 atom stereocenters. The van der Waals surface area contributed by atoms with Crippen LogP contribution in [0.1, 0.15) is 5.56 Å². The molecule has 0 unspecified atom stereocenters. The average molecular weight is 369 g/mol. The fraction of sp³-hybridized carbons (Fsp3) is 0. The molecule has 0 fully saturated rings. The molecule has 0 amide bonds. The number of aromatic nitrogens is 1. The number of nitro groups is 1. The van der Waals surface area contributed by atoms with E-state index in [-0.39, 0.29) is 44.5 Å². The Morgan fingerprint density at radius 2 is 1.92 bits per heavy atom. The third-order valence-electron chi connectivity index (χ3n) is 3.77. The molecule has 0 radical (unpaired) electrons. The Kier molecular flexibility index (Phi) is 4.52. The van der Waals surface area contributed by atoms with Crippen LogP contribution in [0.5, 0.6) is 0 Å². The van der Waals surface area contributed by atoms with Crippen LogP contribution in [0.25, 0.3) is 22.4 Å². The molecule has 26 heavy (non-hydrogen) atoms. The molecule has 0 bridgehead atoms. The van der Waals surface area contributed by atoms with E-state index in [9.17, 15) is 19.8 Å². The second kappa shape index (κ2) is 6.78. The number of pyridine rings is 1. The van der Waals surface area contributed by atoms with Crippen LogP contribution in [0.2, 0.25) is 5.02 Å². The second-order valence-corrected chi connectivity index (χ2v) is 5.71. The molecule has 0 aliphatic carbocycles. The van der Waals surface area contributed by atoms with Gasteiger partial charge < -0.3 is 5.73 Å². The molecule has 0 spiro atoms. The largest absolute Gasteiger partial charge is 0.383 e. The molecule has 1 aromatic heterocycles. The van der Waals surface area contributed by atoms with Crippen LogP contribution in [-0.2, 0) is 0 Å². The number of para-hydroxylation sites is 1. The van der Waals surface area contributed by atoms with Gasteiger partial charge >= 0.3 is 0 Å². The Bertz CT molecular complexity index is 1060. The summed E-state index contributed by atoms with van der Waals surface area (Å²) in [5, 5.41) is 20.8. The Balaban J connectivity index is 2.35. The van der Waals surface area contributed by atoms with Gasteiger partial charge in [0.1, 0.15) is 23.3 Å². The summed E-state index contributed by atoms with van der Waals surface area (Å²) in [4.78, 5) is 14.8. The van der Waals surface area contributed by atoms with Crippen LogP contribution in [0, 0.1) is 27.3 Å². The Labute approximate surface area is 152 Å². The number of nitrogen functional groups attached to an aromatic ring is 1. The highest BCUT2D eigenvalue weighted by Crippen LogP contribution is 2.38. The molecular weight excluding hydrogens is 359 g/mol. The van der Waals surface area contributed by atoms with Crippen LogP contribution in [0.4, 0.5) is 15.9 Å². The number of nitriles is 1. The first-order chi connectivity index (χ1) is 12.4. The third-order valence-corrected chi connectivity index (χ3v) is 4.08. The lowest BCUT2D eigenvalue weighted by Gasteiger charge is -2.12. The third kappa shape index (κ3) is 2.94. The van der Waals surface area contributed by atoms with Gasteiger partial charge in [0.15, 0.2) is 0 Å². The number of nitrogens with two attached hydrogens (primary N) is 1. The molecular formula is C18H10ClFN4O2. The van der Waals surface area contributed by atoms with Crippen LogP contribution >= 0.6 is 11.6 Å². The van der Waals surface area contributed by atoms with Crippen LogP contribution < -0.4 is 5.73 Å². The van der Waals surface area contributed by atoms with Crippen LogP contribution in [-0.4, -0.2) is 9.91 Å². The van der Waals surface area contributed by atoms with E-state index in [1.165, 1.54) is 42.5 Å². The number of anilines is 1. The number of rotatable bonds is 3. The van der Waals surface area contributed by atoms with Crippen molar-refractivity contribution in [3.63, 3.8) is 0 Å². The Hall–Kier alpha value is -3.50. The molecule has 0 aliphatic rings. The highest BCUT2D eigenvalue weighted by molar-refractivity contribution is 6.33. The minimum Gasteiger partial charge on any atom is -0.383 e. The topological polar surface area (TPSA) is 106 Å². The van der Waals surface area contributed by atoms with Gasteiger partial charge in [-0.3, -0.25) is 10.1 Å². The molecule has 1 heterocycles. The van der Waals surface area contributed by atoms with E-state index in [4.69, 9.17) is 17.3 Å². The lowest BCUT2D eigenvalue weighted by atomic mass is 9.97. The molecule has 2 N–H and O–H groups in total. The van der Waals surface area contributed by atoms with Gasteiger partial charge in [-0.2, -0.15) is 5.26 Å². The summed E-state index contributed by atoms with van der Waals surface area (Å²) < 4.78 is 14.4. The summed E-state index contributed by atoms with van der Waals surface area (Å²) in [7, 11) is 0. The molecule has 0 saturated heterocycles. The maximum Gasteiger partial charge on any atom is 0.278 e. The summed E-state index contributed by atoms with van der Waals surface area (Å²) in [6.07, 6.45) is 0. The van der Waals surface area contributed by atoms with Crippen molar-refractivity contribution in [2.75, 3.05) is 5.73 Å². The van der Waals surface area contributed by atoms with E-state index in [1.54, 1.807) is 6.07 Å². The zero-order valence-electron chi connectivity index (χ0n) is 13.1. The van der Waals surface area contributed by atoms with E-state index in [1.807, 2.05) is 6.07 Å². The van der Waals surface area contributed by atoms with E-state index < -0.39 is 10.7 Å². The first kappa shape index (κ1) is 17.3. The van der Waals surface area contributed by atoms with Crippen LogP contribution in [0.15, 0.2) is 48.5 Å². The summed E-state index contributed by atoms with van der Waals surface area (Å²) in [5.41, 5.74) is 6.07. The van der Waals surface area contributed by atoms with Crippen molar-refractivity contribution >= 4 is 23.1 Å². The van der Waals surface area contributed by atoms with Crippen molar-refractivity contribution in [2.45, 2.75) is 0 Å². The number of nitrogens with zero attached hydrogens (tertiary/aromatic N) is 3. The van der Waals surface area contributed by atoms with Crippen molar-refractivity contribution in [3.05, 3.63) is 75.0 Å². The molecule has 0 saturated carbocycles. The molecule has 128 valence electrons. The second-order valence-electron chi connectivity index (χ2n) is 5.30.